The van der Waals surface area contributed by atoms with E-state index in [0.717, 1.165) is 30.0 Å². The monoisotopic (exact) mass is 256 g/mol. The molecule has 1 aromatic carbocycles. The first-order chi connectivity index (χ1) is 9.31. The van der Waals surface area contributed by atoms with Crippen LogP contribution in [-0.2, 0) is 11.3 Å². The maximum atomic E-state index is 11.7. The molecule has 1 amide bonds. The first-order valence-corrected chi connectivity index (χ1v) is 6.48. The largest absolute Gasteiger partial charge is 0.467 e. The average Bonchev–Trinajstić information content (AvgIpc) is 3.14. The molecular weight excluding hydrogens is 240 g/mol. The van der Waals surface area contributed by atoms with Crippen LogP contribution >= 0.6 is 0 Å². The molecule has 0 unspecified atom stereocenters. The van der Waals surface area contributed by atoms with Gasteiger partial charge in [-0.3, -0.25) is 4.79 Å². The number of hydrogen-bond acceptors (Lipinski definition) is 3. The highest BCUT2D eigenvalue weighted by molar-refractivity contribution is 5.94. The average molecular weight is 256 g/mol. The van der Waals surface area contributed by atoms with Crippen LogP contribution in [0.4, 0.5) is 11.4 Å². The third kappa shape index (κ3) is 3.16. The van der Waals surface area contributed by atoms with Crippen molar-refractivity contribution < 1.29 is 9.21 Å². The van der Waals surface area contributed by atoms with Crippen molar-refractivity contribution in [2.24, 2.45) is 5.92 Å². The molecule has 0 bridgehead atoms. The predicted octanol–water partition coefficient (Wildman–Crippen LogP) is 3.24. The zero-order chi connectivity index (χ0) is 13.1. The molecule has 1 heterocycles. The molecule has 0 aliphatic heterocycles. The van der Waals surface area contributed by atoms with Gasteiger partial charge in [0.25, 0.3) is 0 Å². The van der Waals surface area contributed by atoms with Gasteiger partial charge < -0.3 is 15.1 Å². The Bertz CT molecular complexity index is 559. The van der Waals surface area contributed by atoms with Gasteiger partial charge in [-0.15, -0.1) is 0 Å². The van der Waals surface area contributed by atoms with Gasteiger partial charge in [-0.05, 0) is 43.2 Å². The van der Waals surface area contributed by atoms with Crippen LogP contribution in [0.1, 0.15) is 18.6 Å². The summed E-state index contributed by atoms with van der Waals surface area (Å²) in [5.74, 6) is 1.23. The number of nitrogens with one attached hydrogen (secondary N) is 2. The van der Waals surface area contributed by atoms with Gasteiger partial charge in [0.2, 0.25) is 5.91 Å². The Hall–Kier alpha value is -2.23. The number of rotatable bonds is 5. The highest BCUT2D eigenvalue weighted by Crippen LogP contribution is 2.30. The lowest BCUT2D eigenvalue weighted by Gasteiger charge is -2.08. The highest BCUT2D eigenvalue weighted by Gasteiger charge is 2.29. The Balaban J connectivity index is 1.60. The van der Waals surface area contributed by atoms with Crippen molar-refractivity contribution in [1.29, 1.82) is 0 Å². The molecule has 0 spiro atoms. The quantitative estimate of drug-likeness (QED) is 0.863. The van der Waals surface area contributed by atoms with E-state index in [9.17, 15) is 4.79 Å². The van der Waals surface area contributed by atoms with E-state index in [-0.39, 0.29) is 11.8 Å². The van der Waals surface area contributed by atoms with Gasteiger partial charge in [-0.1, -0.05) is 6.07 Å². The summed E-state index contributed by atoms with van der Waals surface area (Å²) in [6, 6.07) is 11.5. The normalized spacial score (nSPS) is 14.1. The molecule has 3 rings (SSSR count). The van der Waals surface area contributed by atoms with Gasteiger partial charge in [-0.2, -0.15) is 0 Å². The number of hydrogen-bond donors (Lipinski definition) is 2. The van der Waals surface area contributed by atoms with Gasteiger partial charge in [0.05, 0.1) is 12.8 Å². The molecule has 0 atom stereocenters. The number of benzene rings is 1. The SMILES string of the molecule is O=C(Nc1cccc(NCc2ccco2)c1)C1CC1. The maximum absolute atomic E-state index is 11.7. The van der Waals surface area contributed by atoms with Crippen molar-refractivity contribution in [2.75, 3.05) is 10.6 Å². The topological polar surface area (TPSA) is 54.3 Å². The molecule has 0 radical (unpaired) electrons. The van der Waals surface area contributed by atoms with Crippen molar-refractivity contribution in [3.05, 3.63) is 48.4 Å². The summed E-state index contributed by atoms with van der Waals surface area (Å²) in [5.41, 5.74) is 1.80. The van der Waals surface area contributed by atoms with E-state index in [2.05, 4.69) is 10.6 Å². The minimum atomic E-state index is 0.128. The lowest BCUT2D eigenvalue weighted by Crippen LogP contribution is -2.13. The number of carbonyl (C=O) groups excluding carboxylic acids is 1. The number of furan rings is 1. The fraction of sp³-hybridized carbons (Fsp3) is 0.267. The van der Waals surface area contributed by atoms with E-state index in [0.29, 0.717) is 6.54 Å². The molecule has 1 fully saturated rings. The Morgan fingerprint density at radius 3 is 2.79 bits per heavy atom. The molecule has 2 N–H and O–H groups in total. The van der Waals surface area contributed by atoms with Crippen LogP contribution in [0.5, 0.6) is 0 Å². The maximum Gasteiger partial charge on any atom is 0.227 e. The van der Waals surface area contributed by atoms with Crippen molar-refractivity contribution in [1.82, 2.24) is 0 Å². The van der Waals surface area contributed by atoms with E-state index in [4.69, 9.17) is 4.42 Å². The van der Waals surface area contributed by atoms with E-state index in [1.165, 1.54) is 0 Å². The Labute approximate surface area is 111 Å². The van der Waals surface area contributed by atoms with Crippen LogP contribution in [0.3, 0.4) is 0 Å². The lowest BCUT2D eigenvalue weighted by atomic mass is 10.2. The van der Waals surface area contributed by atoms with E-state index >= 15 is 0 Å². The second-order valence-corrected chi connectivity index (χ2v) is 4.78. The summed E-state index contributed by atoms with van der Waals surface area (Å²) >= 11 is 0. The van der Waals surface area contributed by atoms with E-state index in [1.807, 2.05) is 36.4 Å². The lowest BCUT2D eigenvalue weighted by molar-refractivity contribution is -0.117. The van der Waals surface area contributed by atoms with Gasteiger partial charge >= 0.3 is 0 Å². The second kappa shape index (κ2) is 5.18. The number of carbonyl (C=O) groups is 1. The van der Waals surface area contributed by atoms with E-state index < -0.39 is 0 Å². The highest BCUT2D eigenvalue weighted by atomic mass is 16.3. The first-order valence-electron chi connectivity index (χ1n) is 6.48. The minimum absolute atomic E-state index is 0.128. The van der Waals surface area contributed by atoms with Crippen LogP contribution in [0, 0.1) is 5.92 Å². The van der Waals surface area contributed by atoms with Crippen LogP contribution in [0.15, 0.2) is 47.1 Å². The zero-order valence-corrected chi connectivity index (χ0v) is 10.6. The minimum Gasteiger partial charge on any atom is -0.467 e. The van der Waals surface area contributed by atoms with Crippen molar-refractivity contribution >= 4 is 17.3 Å². The number of amides is 1. The molecule has 4 heteroatoms. The molecule has 0 saturated heterocycles. The van der Waals surface area contributed by atoms with Gasteiger partial charge in [0.1, 0.15) is 5.76 Å². The van der Waals surface area contributed by atoms with Crippen LogP contribution in [-0.4, -0.2) is 5.91 Å². The summed E-state index contributed by atoms with van der Waals surface area (Å²) in [6.07, 6.45) is 3.69. The summed E-state index contributed by atoms with van der Waals surface area (Å²) in [4.78, 5) is 11.7. The molecule has 19 heavy (non-hydrogen) atoms. The molecule has 2 aromatic rings. The molecule has 1 aliphatic carbocycles. The van der Waals surface area contributed by atoms with Crippen LogP contribution < -0.4 is 10.6 Å². The predicted molar refractivity (Wildman–Crippen MR) is 73.8 cm³/mol. The zero-order valence-electron chi connectivity index (χ0n) is 10.6. The van der Waals surface area contributed by atoms with Crippen molar-refractivity contribution in [2.45, 2.75) is 19.4 Å². The standard InChI is InChI=1S/C15H16N2O2/c18-15(11-6-7-11)17-13-4-1-3-12(9-13)16-10-14-5-2-8-19-14/h1-5,8-9,11,16H,6-7,10H2,(H,17,18). The molecule has 98 valence electrons. The molecule has 1 aliphatic rings. The summed E-state index contributed by atoms with van der Waals surface area (Å²) in [7, 11) is 0. The van der Waals surface area contributed by atoms with Gasteiger partial charge in [0, 0.05) is 17.3 Å². The summed E-state index contributed by atoms with van der Waals surface area (Å²) in [5, 5.41) is 6.20. The molecule has 1 saturated carbocycles. The molecular formula is C15H16N2O2. The van der Waals surface area contributed by atoms with E-state index in [1.54, 1.807) is 6.26 Å². The smallest absolute Gasteiger partial charge is 0.227 e. The summed E-state index contributed by atoms with van der Waals surface area (Å²) in [6.45, 7) is 0.632. The van der Waals surface area contributed by atoms with Gasteiger partial charge in [-0.25, -0.2) is 0 Å². The first kappa shape index (κ1) is 11.8. The fourth-order valence-corrected chi connectivity index (χ4v) is 1.90. The van der Waals surface area contributed by atoms with Crippen LogP contribution in [0.2, 0.25) is 0 Å². The Kier molecular flexibility index (Phi) is 3.23. The fourth-order valence-electron chi connectivity index (χ4n) is 1.90. The van der Waals surface area contributed by atoms with Crippen molar-refractivity contribution in [3.63, 3.8) is 0 Å². The van der Waals surface area contributed by atoms with Crippen LogP contribution in [0.25, 0.3) is 0 Å². The number of anilines is 2. The second-order valence-electron chi connectivity index (χ2n) is 4.78. The summed E-state index contributed by atoms with van der Waals surface area (Å²) < 4.78 is 5.26. The Morgan fingerprint density at radius 1 is 1.21 bits per heavy atom. The van der Waals surface area contributed by atoms with Gasteiger partial charge in [0.15, 0.2) is 0 Å². The van der Waals surface area contributed by atoms with Crippen molar-refractivity contribution in [3.8, 4) is 0 Å². The molecule has 4 nitrogen and oxygen atoms in total. The Morgan fingerprint density at radius 2 is 2.05 bits per heavy atom. The third-order valence-electron chi connectivity index (χ3n) is 3.13. The third-order valence-corrected chi connectivity index (χ3v) is 3.13. The molecule has 1 aromatic heterocycles.